The van der Waals surface area contributed by atoms with Crippen molar-refractivity contribution in [1.29, 1.82) is 0 Å². The van der Waals surface area contributed by atoms with Gasteiger partial charge in [0.15, 0.2) is 11.6 Å². The second kappa shape index (κ2) is 13.6. The number of nitrogens with zero attached hydrogens (tertiary/aromatic N) is 1. The minimum atomic E-state index is -1.19. The molecule has 7 nitrogen and oxygen atoms in total. The summed E-state index contributed by atoms with van der Waals surface area (Å²) in [7, 11) is 0. The van der Waals surface area contributed by atoms with Crippen LogP contribution in [0.4, 0.5) is 0 Å². The van der Waals surface area contributed by atoms with Crippen LogP contribution in [0.1, 0.15) is 50.3 Å². The lowest BCUT2D eigenvalue weighted by Crippen LogP contribution is -2.48. The summed E-state index contributed by atoms with van der Waals surface area (Å²) in [5, 5.41) is 12.0. The van der Waals surface area contributed by atoms with Crippen molar-refractivity contribution >= 4 is 27.7 Å². The standard InChI is InChI=1S/C28H35BrN2O5/c1-4-15-28(27(33)30-16-5-18-34-20(2)3)25(21-7-11-23(29)12-8-21)36-26(31-28)22-9-13-24(14-10-22)35-19-6-17-32/h4,7-14,20,25,32H,1,5-6,15-19H2,2-3H3,(H,30,33)/t25-,28-/m1/s1. The van der Waals surface area contributed by atoms with Gasteiger partial charge in [-0.1, -0.05) is 34.1 Å². The molecule has 0 aromatic heterocycles. The van der Waals surface area contributed by atoms with Crippen LogP contribution in [0.25, 0.3) is 0 Å². The first-order chi connectivity index (χ1) is 17.4. The Balaban J connectivity index is 1.87. The molecule has 3 rings (SSSR count). The van der Waals surface area contributed by atoms with Gasteiger partial charge >= 0.3 is 0 Å². The van der Waals surface area contributed by atoms with Gasteiger partial charge in [0, 0.05) is 42.6 Å². The van der Waals surface area contributed by atoms with Gasteiger partial charge in [-0.05, 0) is 62.2 Å². The van der Waals surface area contributed by atoms with Crippen LogP contribution >= 0.6 is 15.9 Å². The monoisotopic (exact) mass is 558 g/mol. The molecule has 0 bridgehead atoms. The Morgan fingerprint density at radius 2 is 1.92 bits per heavy atom. The summed E-state index contributed by atoms with van der Waals surface area (Å²) in [5.74, 6) is 0.873. The zero-order chi connectivity index (χ0) is 26.0. The third kappa shape index (κ3) is 7.18. The number of ether oxygens (including phenoxy) is 3. The summed E-state index contributed by atoms with van der Waals surface area (Å²) in [6, 6.07) is 15.1. The van der Waals surface area contributed by atoms with E-state index < -0.39 is 11.6 Å². The van der Waals surface area contributed by atoms with Crippen LogP contribution in [0.2, 0.25) is 0 Å². The lowest BCUT2D eigenvalue weighted by Gasteiger charge is -2.29. The zero-order valence-corrected chi connectivity index (χ0v) is 22.5. The minimum Gasteiger partial charge on any atom is -0.494 e. The molecule has 2 aromatic carbocycles. The SMILES string of the molecule is C=CC[C@@]1(C(=O)NCCCOC(C)C)N=C(c2ccc(OCCCO)cc2)O[C@@H]1c1ccc(Br)cc1. The maximum Gasteiger partial charge on any atom is 0.252 e. The molecule has 8 heteroatoms. The second-order valence-corrected chi connectivity index (χ2v) is 9.78. The summed E-state index contributed by atoms with van der Waals surface area (Å²) < 4.78 is 18.5. The number of hydrogen-bond donors (Lipinski definition) is 2. The number of halogens is 1. The maximum atomic E-state index is 13.6. The predicted octanol–water partition coefficient (Wildman–Crippen LogP) is 4.97. The topological polar surface area (TPSA) is 89.4 Å². The molecule has 2 atom stereocenters. The number of benzene rings is 2. The predicted molar refractivity (Wildman–Crippen MR) is 144 cm³/mol. The molecule has 36 heavy (non-hydrogen) atoms. The highest BCUT2D eigenvalue weighted by atomic mass is 79.9. The molecule has 0 saturated heterocycles. The normalized spacial score (nSPS) is 19.0. The average Bonchev–Trinajstić information content (AvgIpc) is 3.25. The van der Waals surface area contributed by atoms with E-state index in [0.717, 1.165) is 15.6 Å². The number of carbonyl (C=O) groups is 1. The minimum absolute atomic E-state index is 0.0817. The number of aliphatic hydroxyl groups is 1. The van der Waals surface area contributed by atoms with E-state index in [-0.39, 0.29) is 18.6 Å². The molecule has 0 radical (unpaired) electrons. The van der Waals surface area contributed by atoms with Crippen molar-refractivity contribution in [2.75, 3.05) is 26.4 Å². The van der Waals surface area contributed by atoms with E-state index in [9.17, 15) is 4.79 Å². The smallest absolute Gasteiger partial charge is 0.252 e. The van der Waals surface area contributed by atoms with Crippen molar-refractivity contribution in [1.82, 2.24) is 5.32 Å². The number of aliphatic hydroxyl groups excluding tert-OH is 1. The molecule has 0 fully saturated rings. The van der Waals surface area contributed by atoms with Crippen molar-refractivity contribution < 1.29 is 24.1 Å². The van der Waals surface area contributed by atoms with Gasteiger partial charge in [-0.2, -0.15) is 0 Å². The van der Waals surface area contributed by atoms with Crippen LogP contribution in [-0.4, -0.2) is 54.9 Å². The highest BCUT2D eigenvalue weighted by Crippen LogP contribution is 2.43. The van der Waals surface area contributed by atoms with E-state index in [0.29, 0.717) is 50.7 Å². The first-order valence-corrected chi connectivity index (χ1v) is 13.1. The van der Waals surface area contributed by atoms with Crippen molar-refractivity contribution in [3.8, 4) is 5.75 Å². The number of aliphatic imine (C=N–C) groups is 1. The van der Waals surface area contributed by atoms with E-state index in [1.54, 1.807) is 6.08 Å². The first kappa shape index (κ1) is 27.9. The van der Waals surface area contributed by atoms with Crippen molar-refractivity contribution in [3.05, 3.63) is 76.8 Å². The maximum absolute atomic E-state index is 13.6. The Morgan fingerprint density at radius 1 is 1.19 bits per heavy atom. The Labute approximate surface area is 221 Å². The summed E-state index contributed by atoms with van der Waals surface area (Å²) in [6.45, 7) is 9.43. The second-order valence-electron chi connectivity index (χ2n) is 8.86. The van der Waals surface area contributed by atoms with Crippen LogP contribution in [0, 0.1) is 0 Å². The Kier molecular flexibility index (Phi) is 10.5. The van der Waals surface area contributed by atoms with Crippen molar-refractivity contribution in [2.45, 2.75) is 50.9 Å². The quantitative estimate of drug-likeness (QED) is 0.252. The number of nitrogens with one attached hydrogen (secondary N) is 1. The van der Waals surface area contributed by atoms with Crippen molar-refractivity contribution in [3.63, 3.8) is 0 Å². The fourth-order valence-corrected chi connectivity index (χ4v) is 4.18. The summed E-state index contributed by atoms with van der Waals surface area (Å²) in [4.78, 5) is 18.5. The summed E-state index contributed by atoms with van der Waals surface area (Å²) in [6.07, 6.45) is 2.82. The fraction of sp³-hybridized carbons (Fsp3) is 0.429. The molecule has 1 amide bonds. The molecule has 1 aliphatic heterocycles. The van der Waals surface area contributed by atoms with Crippen LogP contribution < -0.4 is 10.1 Å². The molecule has 2 aromatic rings. The molecular weight excluding hydrogens is 524 g/mol. The zero-order valence-electron chi connectivity index (χ0n) is 20.9. The highest BCUT2D eigenvalue weighted by Gasteiger charge is 2.52. The van der Waals surface area contributed by atoms with Gasteiger partial charge in [0.05, 0.1) is 12.7 Å². The van der Waals surface area contributed by atoms with Crippen LogP contribution in [0.3, 0.4) is 0 Å². The number of carbonyl (C=O) groups excluding carboxylic acids is 1. The van der Waals surface area contributed by atoms with Gasteiger partial charge in [0.1, 0.15) is 5.75 Å². The van der Waals surface area contributed by atoms with Gasteiger partial charge in [0.25, 0.3) is 5.91 Å². The van der Waals surface area contributed by atoms with E-state index >= 15 is 0 Å². The Bertz CT molecular complexity index is 1020. The number of rotatable bonds is 14. The van der Waals surface area contributed by atoms with Gasteiger partial charge in [0.2, 0.25) is 5.90 Å². The number of hydrogen-bond acceptors (Lipinski definition) is 6. The molecule has 1 aliphatic rings. The summed E-state index contributed by atoms with van der Waals surface area (Å²) >= 11 is 3.48. The van der Waals surface area contributed by atoms with E-state index in [2.05, 4.69) is 27.8 Å². The highest BCUT2D eigenvalue weighted by molar-refractivity contribution is 9.10. The largest absolute Gasteiger partial charge is 0.494 e. The van der Waals surface area contributed by atoms with Gasteiger partial charge in [-0.25, -0.2) is 4.99 Å². The van der Waals surface area contributed by atoms with E-state index in [4.69, 9.17) is 24.3 Å². The van der Waals surface area contributed by atoms with Crippen molar-refractivity contribution in [2.24, 2.45) is 4.99 Å². The van der Waals surface area contributed by atoms with Crippen LogP contribution in [0.15, 0.2) is 70.7 Å². The molecule has 194 valence electrons. The third-order valence-electron chi connectivity index (χ3n) is 5.72. The number of amides is 1. The van der Waals surface area contributed by atoms with Crippen LogP contribution in [-0.2, 0) is 14.3 Å². The lowest BCUT2D eigenvalue weighted by atomic mass is 9.84. The molecule has 0 aliphatic carbocycles. The molecule has 0 saturated carbocycles. The average molecular weight is 560 g/mol. The van der Waals surface area contributed by atoms with Crippen LogP contribution in [0.5, 0.6) is 5.75 Å². The Morgan fingerprint density at radius 3 is 2.56 bits per heavy atom. The molecule has 0 spiro atoms. The molecule has 1 heterocycles. The van der Waals surface area contributed by atoms with Gasteiger partial charge in [-0.3, -0.25) is 4.79 Å². The van der Waals surface area contributed by atoms with Gasteiger partial charge in [-0.15, -0.1) is 6.58 Å². The molecular formula is C28H35BrN2O5. The van der Waals surface area contributed by atoms with E-state index in [1.165, 1.54) is 0 Å². The molecule has 0 unspecified atom stereocenters. The lowest BCUT2D eigenvalue weighted by molar-refractivity contribution is -0.128. The fourth-order valence-electron chi connectivity index (χ4n) is 3.92. The van der Waals surface area contributed by atoms with E-state index in [1.807, 2.05) is 62.4 Å². The Hall–Kier alpha value is -2.68. The third-order valence-corrected chi connectivity index (χ3v) is 6.24. The summed E-state index contributed by atoms with van der Waals surface area (Å²) in [5.41, 5.74) is 0.400. The first-order valence-electron chi connectivity index (χ1n) is 12.3. The molecule has 2 N–H and O–H groups in total. The van der Waals surface area contributed by atoms with Gasteiger partial charge < -0.3 is 24.6 Å².